The highest BCUT2D eigenvalue weighted by Crippen LogP contribution is 2.37. The molecule has 0 bridgehead atoms. The highest BCUT2D eigenvalue weighted by molar-refractivity contribution is 7.46. The fraction of sp³-hybridized carbons (Fsp3) is 1.00. The van der Waals surface area contributed by atoms with Crippen molar-refractivity contribution in [3.8, 4) is 0 Å². The Kier molecular flexibility index (Phi) is 4.08. The van der Waals surface area contributed by atoms with E-state index in [4.69, 9.17) is 14.5 Å². The summed E-state index contributed by atoms with van der Waals surface area (Å²) in [7, 11) is -4.38. The fourth-order valence-electron chi connectivity index (χ4n) is 0.459. The molecule has 2 N–H and O–H groups in total. The molecule has 1 unspecified atom stereocenters. The van der Waals surface area contributed by atoms with Crippen LogP contribution in [0.25, 0.3) is 0 Å². The zero-order chi connectivity index (χ0) is 8.20. The number of phosphoric ester groups is 1. The van der Waals surface area contributed by atoms with Gasteiger partial charge in [0.25, 0.3) is 0 Å². The van der Waals surface area contributed by atoms with E-state index in [-0.39, 0.29) is 0 Å². The minimum absolute atomic E-state index is 0.362. The van der Waals surface area contributed by atoms with Crippen molar-refractivity contribution in [2.24, 2.45) is 0 Å². The Balaban J connectivity index is 3.58. The number of ether oxygens (including phenoxy) is 1. The normalized spacial score (nSPS) is 15.2. The van der Waals surface area contributed by atoms with Crippen LogP contribution in [0.5, 0.6) is 0 Å². The van der Waals surface area contributed by atoms with E-state index in [0.29, 0.717) is 6.61 Å². The van der Waals surface area contributed by atoms with Crippen LogP contribution in [0, 0.1) is 0 Å². The first-order valence-corrected chi connectivity index (χ1v) is 4.34. The van der Waals surface area contributed by atoms with E-state index in [1.165, 1.54) is 6.92 Å². The van der Waals surface area contributed by atoms with Crippen molar-refractivity contribution in [3.63, 3.8) is 0 Å². The van der Waals surface area contributed by atoms with Crippen LogP contribution in [-0.4, -0.2) is 22.7 Å². The lowest BCUT2D eigenvalue weighted by Crippen LogP contribution is -2.10. The summed E-state index contributed by atoms with van der Waals surface area (Å²) >= 11 is 0. The van der Waals surface area contributed by atoms with Gasteiger partial charge < -0.3 is 14.5 Å². The highest BCUT2D eigenvalue weighted by Gasteiger charge is 2.18. The van der Waals surface area contributed by atoms with Gasteiger partial charge in [-0.3, -0.25) is 4.52 Å². The van der Waals surface area contributed by atoms with Gasteiger partial charge in [-0.1, -0.05) is 0 Å². The standard InChI is InChI=1S/C4H11O5P/c1-3-8-4(2)9-10(5,6)7/h4H,3H2,1-2H3,(H2,5,6,7). The summed E-state index contributed by atoms with van der Waals surface area (Å²) in [6.07, 6.45) is -0.856. The third-order valence-corrected chi connectivity index (χ3v) is 1.26. The Morgan fingerprint density at radius 2 is 2.10 bits per heavy atom. The molecule has 0 radical (unpaired) electrons. The van der Waals surface area contributed by atoms with Crippen LogP contribution in [0.2, 0.25) is 0 Å². The van der Waals surface area contributed by atoms with Gasteiger partial charge in [-0.15, -0.1) is 0 Å². The molecule has 0 rings (SSSR count). The molecule has 0 heterocycles. The van der Waals surface area contributed by atoms with Gasteiger partial charge in [0.15, 0.2) is 6.29 Å². The largest absolute Gasteiger partial charge is 0.471 e. The van der Waals surface area contributed by atoms with Crippen molar-refractivity contribution in [2.75, 3.05) is 6.61 Å². The van der Waals surface area contributed by atoms with Gasteiger partial charge in [0.2, 0.25) is 0 Å². The highest BCUT2D eigenvalue weighted by atomic mass is 31.2. The summed E-state index contributed by atoms with van der Waals surface area (Å²) in [5.41, 5.74) is 0. The quantitative estimate of drug-likeness (QED) is 0.474. The van der Waals surface area contributed by atoms with E-state index in [0.717, 1.165) is 0 Å². The van der Waals surface area contributed by atoms with Crippen molar-refractivity contribution in [1.29, 1.82) is 0 Å². The third kappa shape index (κ3) is 6.19. The molecule has 0 aliphatic heterocycles. The van der Waals surface area contributed by atoms with Crippen LogP contribution in [0.1, 0.15) is 13.8 Å². The number of phosphoric acid groups is 1. The molecule has 0 aliphatic carbocycles. The summed E-state index contributed by atoms with van der Waals surface area (Å²) in [6, 6.07) is 0. The van der Waals surface area contributed by atoms with Gasteiger partial charge in [0.05, 0.1) is 0 Å². The van der Waals surface area contributed by atoms with Crippen LogP contribution in [0.4, 0.5) is 0 Å². The van der Waals surface area contributed by atoms with E-state index in [1.54, 1.807) is 6.92 Å². The van der Waals surface area contributed by atoms with Crippen molar-refractivity contribution in [1.82, 2.24) is 0 Å². The lowest BCUT2D eigenvalue weighted by Gasteiger charge is -2.12. The van der Waals surface area contributed by atoms with Gasteiger partial charge >= 0.3 is 7.82 Å². The van der Waals surface area contributed by atoms with Crippen molar-refractivity contribution in [2.45, 2.75) is 20.1 Å². The Morgan fingerprint density at radius 3 is 2.40 bits per heavy atom. The SMILES string of the molecule is CCOC(C)OP(=O)(O)O. The number of rotatable bonds is 4. The summed E-state index contributed by atoms with van der Waals surface area (Å²) in [5.74, 6) is 0. The molecule has 5 nitrogen and oxygen atoms in total. The van der Waals surface area contributed by atoms with Gasteiger partial charge in [0.1, 0.15) is 0 Å². The van der Waals surface area contributed by atoms with Crippen molar-refractivity contribution >= 4 is 7.82 Å². The lowest BCUT2D eigenvalue weighted by molar-refractivity contribution is -0.0745. The van der Waals surface area contributed by atoms with Crippen LogP contribution in [0.3, 0.4) is 0 Å². The van der Waals surface area contributed by atoms with Gasteiger partial charge in [-0.25, -0.2) is 4.57 Å². The van der Waals surface area contributed by atoms with Gasteiger partial charge in [-0.2, -0.15) is 0 Å². The van der Waals surface area contributed by atoms with Gasteiger partial charge in [-0.05, 0) is 13.8 Å². The smallest absolute Gasteiger partial charge is 0.353 e. The van der Waals surface area contributed by atoms with E-state index in [9.17, 15) is 4.57 Å². The first-order valence-electron chi connectivity index (χ1n) is 2.81. The summed E-state index contributed by atoms with van der Waals surface area (Å²) in [6.45, 7) is 3.49. The minimum Gasteiger partial charge on any atom is -0.353 e. The zero-order valence-electron chi connectivity index (χ0n) is 5.85. The average molecular weight is 170 g/mol. The first kappa shape index (κ1) is 10.1. The Labute approximate surface area is 59.2 Å². The third-order valence-electron chi connectivity index (χ3n) is 0.687. The van der Waals surface area contributed by atoms with Crippen LogP contribution in [-0.2, 0) is 13.8 Å². The molecule has 0 aliphatic rings. The molecular weight excluding hydrogens is 159 g/mol. The molecule has 0 amide bonds. The topological polar surface area (TPSA) is 76.0 Å². The maximum Gasteiger partial charge on any atom is 0.471 e. The minimum atomic E-state index is -4.38. The summed E-state index contributed by atoms with van der Waals surface area (Å²) in [5, 5.41) is 0. The molecule has 0 aromatic heterocycles. The predicted octanol–water partition coefficient (Wildman–Crippen LogP) is 0.478. The molecule has 10 heavy (non-hydrogen) atoms. The predicted molar refractivity (Wildman–Crippen MR) is 34.2 cm³/mol. The second-order valence-electron chi connectivity index (χ2n) is 1.62. The van der Waals surface area contributed by atoms with E-state index >= 15 is 0 Å². The summed E-state index contributed by atoms with van der Waals surface area (Å²) in [4.78, 5) is 16.4. The Hall–Kier alpha value is 0.0700. The van der Waals surface area contributed by atoms with Crippen LogP contribution in [0.15, 0.2) is 0 Å². The molecule has 6 heteroatoms. The first-order chi connectivity index (χ1) is 4.45. The molecule has 0 saturated heterocycles. The number of hydrogen-bond acceptors (Lipinski definition) is 3. The molecule has 62 valence electrons. The lowest BCUT2D eigenvalue weighted by atomic mass is 10.7. The summed E-state index contributed by atoms with van der Waals surface area (Å²) < 4.78 is 18.9. The van der Waals surface area contributed by atoms with E-state index in [1.807, 2.05) is 0 Å². The van der Waals surface area contributed by atoms with Crippen molar-refractivity contribution in [3.05, 3.63) is 0 Å². The average Bonchev–Trinajstić information content (AvgIpc) is 1.59. The Morgan fingerprint density at radius 1 is 1.60 bits per heavy atom. The molecule has 0 saturated carbocycles. The van der Waals surface area contributed by atoms with Crippen LogP contribution >= 0.6 is 7.82 Å². The maximum absolute atomic E-state index is 10.1. The zero-order valence-corrected chi connectivity index (χ0v) is 6.75. The molecule has 1 atom stereocenters. The molecule has 0 fully saturated rings. The second kappa shape index (κ2) is 4.05. The van der Waals surface area contributed by atoms with Gasteiger partial charge in [0, 0.05) is 6.61 Å². The van der Waals surface area contributed by atoms with Crippen LogP contribution < -0.4 is 0 Å². The fourth-order valence-corrected chi connectivity index (χ4v) is 0.906. The van der Waals surface area contributed by atoms with Crippen molar-refractivity contribution < 1.29 is 23.6 Å². The molecule has 0 aromatic rings. The molecular formula is C4H11O5P. The molecule has 0 aromatic carbocycles. The van der Waals surface area contributed by atoms with E-state index in [2.05, 4.69) is 4.52 Å². The molecule has 0 spiro atoms. The Bertz CT molecular complexity index is 130. The van der Waals surface area contributed by atoms with E-state index < -0.39 is 14.1 Å². The number of hydrogen-bond donors (Lipinski definition) is 2. The monoisotopic (exact) mass is 170 g/mol. The maximum atomic E-state index is 10.1. The second-order valence-corrected chi connectivity index (χ2v) is 2.81.